The van der Waals surface area contributed by atoms with Crippen molar-refractivity contribution in [2.75, 3.05) is 18.9 Å². The van der Waals surface area contributed by atoms with E-state index in [0.717, 1.165) is 18.7 Å². The molecule has 19 heavy (non-hydrogen) atoms. The second-order valence-electron chi connectivity index (χ2n) is 4.90. The van der Waals surface area contributed by atoms with Crippen LogP contribution in [0, 0.1) is 11.8 Å². The minimum absolute atomic E-state index is 0.0812. The van der Waals surface area contributed by atoms with Gasteiger partial charge in [0, 0.05) is 35.7 Å². The largest absolute Gasteiger partial charge is 0.384 e. The Morgan fingerprint density at radius 2 is 2.16 bits per heavy atom. The molecule has 1 aromatic carbocycles. The third kappa shape index (κ3) is 3.76. The van der Waals surface area contributed by atoms with Gasteiger partial charge in [-0.05, 0) is 18.6 Å². The lowest BCUT2D eigenvalue weighted by atomic mass is 10.1. The van der Waals surface area contributed by atoms with E-state index in [-0.39, 0.29) is 6.61 Å². The van der Waals surface area contributed by atoms with Crippen LogP contribution in [0.5, 0.6) is 0 Å². The topological polar surface area (TPSA) is 23.5 Å². The van der Waals surface area contributed by atoms with Crippen LogP contribution in [0.25, 0.3) is 0 Å². The Bertz CT molecular complexity index is 477. The lowest BCUT2D eigenvalue weighted by Gasteiger charge is -2.37. The molecule has 0 bridgehead atoms. The summed E-state index contributed by atoms with van der Waals surface area (Å²) in [5.41, 5.74) is 2.30. The summed E-state index contributed by atoms with van der Waals surface area (Å²) in [6.45, 7) is 6.61. The average molecular weight is 275 g/mol. The van der Waals surface area contributed by atoms with Gasteiger partial charge in [-0.3, -0.25) is 4.90 Å². The van der Waals surface area contributed by atoms with Gasteiger partial charge in [-0.25, -0.2) is 0 Å². The molecule has 2 atom stereocenters. The summed E-state index contributed by atoms with van der Waals surface area (Å²) in [7, 11) is 0. The van der Waals surface area contributed by atoms with Crippen LogP contribution in [0.15, 0.2) is 24.3 Å². The molecule has 1 saturated heterocycles. The number of rotatable bonds is 2. The molecule has 3 heteroatoms. The summed E-state index contributed by atoms with van der Waals surface area (Å²) in [5, 5.41) is 9.51. The van der Waals surface area contributed by atoms with Gasteiger partial charge in [-0.1, -0.05) is 37.0 Å². The first-order chi connectivity index (χ1) is 9.22. The molecular weight excluding hydrogens is 254 g/mol. The highest BCUT2D eigenvalue weighted by molar-refractivity contribution is 8.00. The molecule has 0 aliphatic carbocycles. The van der Waals surface area contributed by atoms with E-state index in [1.54, 1.807) is 0 Å². The lowest BCUT2D eigenvalue weighted by Crippen LogP contribution is -2.44. The number of benzene rings is 1. The van der Waals surface area contributed by atoms with E-state index in [1.165, 1.54) is 11.3 Å². The molecule has 1 heterocycles. The van der Waals surface area contributed by atoms with Crippen molar-refractivity contribution in [3.8, 4) is 11.8 Å². The molecular formula is C16H21NOS. The van der Waals surface area contributed by atoms with Crippen LogP contribution in [-0.2, 0) is 6.54 Å². The number of aliphatic hydroxyl groups excluding tert-OH is 1. The van der Waals surface area contributed by atoms with Crippen LogP contribution in [0.2, 0.25) is 0 Å². The summed E-state index contributed by atoms with van der Waals surface area (Å²) >= 11 is 2.06. The van der Waals surface area contributed by atoms with Crippen LogP contribution in [0.1, 0.15) is 25.0 Å². The second-order valence-corrected chi connectivity index (χ2v) is 6.39. The van der Waals surface area contributed by atoms with Crippen molar-refractivity contribution in [3.05, 3.63) is 35.4 Å². The Morgan fingerprint density at radius 1 is 1.37 bits per heavy atom. The van der Waals surface area contributed by atoms with Gasteiger partial charge >= 0.3 is 0 Å². The summed E-state index contributed by atoms with van der Waals surface area (Å²) < 4.78 is 0. The fourth-order valence-electron chi connectivity index (χ4n) is 2.35. The minimum Gasteiger partial charge on any atom is -0.384 e. The van der Waals surface area contributed by atoms with Crippen LogP contribution in [-0.4, -0.2) is 40.2 Å². The molecule has 1 aliphatic heterocycles. The van der Waals surface area contributed by atoms with Crippen LogP contribution in [0.4, 0.5) is 0 Å². The van der Waals surface area contributed by atoms with Crippen molar-refractivity contribution >= 4 is 11.8 Å². The van der Waals surface area contributed by atoms with Gasteiger partial charge in [0.15, 0.2) is 0 Å². The predicted octanol–water partition coefficient (Wildman–Crippen LogP) is 2.36. The number of thioether (sulfide) groups is 1. The molecule has 2 unspecified atom stereocenters. The molecule has 1 N–H and O–H groups in total. The van der Waals surface area contributed by atoms with Crippen molar-refractivity contribution in [2.24, 2.45) is 0 Å². The molecule has 0 radical (unpaired) electrons. The smallest absolute Gasteiger partial charge is 0.104 e. The van der Waals surface area contributed by atoms with E-state index in [1.807, 2.05) is 12.1 Å². The molecule has 2 rings (SSSR count). The molecule has 1 fully saturated rings. The molecule has 0 spiro atoms. The van der Waals surface area contributed by atoms with Crippen molar-refractivity contribution in [3.63, 3.8) is 0 Å². The van der Waals surface area contributed by atoms with Gasteiger partial charge in [0.05, 0.1) is 0 Å². The lowest BCUT2D eigenvalue weighted by molar-refractivity contribution is 0.204. The Morgan fingerprint density at radius 3 is 2.95 bits per heavy atom. The summed E-state index contributed by atoms with van der Waals surface area (Å²) in [6.07, 6.45) is 0. The number of aliphatic hydroxyl groups is 1. The van der Waals surface area contributed by atoms with E-state index >= 15 is 0 Å². The van der Waals surface area contributed by atoms with Crippen molar-refractivity contribution in [1.82, 2.24) is 4.90 Å². The summed E-state index contributed by atoms with van der Waals surface area (Å²) in [4.78, 5) is 2.53. The SMILES string of the molecule is CC1SCCN(Cc2ccccc2C#CCO)C1C. The van der Waals surface area contributed by atoms with Gasteiger partial charge < -0.3 is 5.11 Å². The molecule has 0 amide bonds. The Hall–Kier alpha value is -0.950. The standard InChI is InChI=1S/C16H21NOS/c1-13-14(2)19-11-9-17(13)12-16-7-4-3-6-15(16)8-5-10-18/h3-4,6-7,13-14,18H,9-12H2,1-2H3. The Balaban J connectivity index is 2.14. The van der Waals surface area contributed by atoms with E-state index in [9.17, 15) is 0 Å². The zero-order chi connectivity index (χ0) is 13.7. The first-order valence-corrected chi connectivity index (χ1v) is 7.80. The van der Waals surface area contributed by atoms with Crippen LogP contribution < -0.4 is 0 Å². The van der Waals surface area contributed by atoms with Crippen LogP contribution in [0.3, 0.4) is 0 Å². The summed E-state index contributed by atoms with van der Waals surface area (Å²) in [5.74, 6) is 7.00. The molecule has 102 valence electrons. The van der Waals surface area contributed by atoms with Gasteiger partial charge in [0.2, 0.25) is 0 Å². The maximum absolute atomic E-state index is 8.83. The average Bonchev–Trinajstić information content (AvgIpc) is 2.43. The molecule has 2 nitrogen and oxygen atoms in total. The monoisotopic (exact) mass is 275 g/mol. The van der Waals surface area contributed by atoms with E-state index in [4.69, 9.17) is 5.11 Å². The first-order valence-electron chi connectivity index (χ1n) is 6.75. The van der Waals surface area contributed by atoms with Gasteiger partial charge in [0.1, 0.15) is 6.61 Å². The van der Waals surface area contributed by atoms with Crippen LogP contribution >= 0.6 is 11.8 Å². The quantitative estimate of drug-likeness (QED) is 0.838. The predicted molar refractivity (Wildman–Crippen MR) is 82.2 cm³/mol. The third-order valence-electron chi connectivity index (χ3n) is 3.71. The van der Waals surface area contributed by atoms with Gasteiger partial charge in [-0.2, -0.15) is 11.8 Å². The number of nitrogens with zero attached hydrogens (tertiary/aromatic N) is 1. The fraction of sp³-hybridized carbons (Fsp3) is 0.500. The van der Waals surface area contributed by atoms with E-state index < -0.39 is 0 Å². The fourth-order valence-corrected chi connectivity index (χ4v) is 3.51. The zero-order valence-electron chi connectivity index (χ0n) is 11.6. The first kappa shape index (κ1) is 14.5. The Kier molecular flexibility index (Phi) is 5.33. The van der Waals surface area contributed by atoms with Crippen molar-refractivity contribution in [1.29, 1.82) is 0 Å². The highest BCUT2D eigenvalue weighted by atomic mass is 32.2. The highest BCUT2D eigenvalue weighted by Gasteiger charge is 2.25. The second kappa shape index (κ2) is 7.00. The minimum atomic E-state index is -0.0812. The highest BCUT2D eigenvalue weighted by Crippen LogP contribution is 2.26. The summed E-state index contributed by atoms with van der Waals surface area (Å²) in [6, 6.07) is 8.83. The van der Waals surface area contributed by atoms with Crippen molar-refractivity contribution in [2.45, 2.75) is 31.7 Å². The number of hydrogen-bond acceptors (Lipinski definition) is 3. The van der Waals surface area contributed by atoms with E-state index in [0.29, 0.717) is 11.3 Å². The van der Waals surface area contributed by atoms with Gasteiger partial charge in [-0.15, -0.1) is 0 Å². The Labute approximate surface area is 120 Å². The normalized spacial score (nSPS) is 23.7. The third-order valence-corrected chi connectivity index (χ3v) is 5.05. The van der Waals surface area contributed by atoms with E-state index in [2.05, 4.69) is 54.5 Å². The zero-order valence-corrected chi connectivity index (χ0v) is 12.4. The molecule has 1 aliphatic rings. The molecule has 0 aromatic heterocycles. The van der Waals surface area contributed by atoms with Crippen molar-refractivity contribution < 1.29 is 5.11 Å². The molecule has 1 aromatic rings. The number of hydrogen-bond donors (Lipinski definition) is 1. The van der Waals surface area contributed by atoms with Gasteiger partial charge in [0.25, 0.3) is 0 Å². The maximum Gasteiger partial charge on any atom is 0.104 e. The molecule has 0 saturated carbocycles. The maximum atomic E-state index is 8.83.